The van der Waals surface area contributed by atoms with Crippen molar-refractivity contribution in [1.82, 2.24) is 5.32 Å². The molecule has 7 heteroatoms. The van der Waals surface area contributed by atoms with Crippen molar-refractivity contribution >= 4 is 40.7 Å². The first-order valence-electron chi connectivity index (χ1n) is 6.88. The largest absolute Gasteiger partial charge is 0.349 e. The molecule has 0 bridgehead atoms. The molecule has 0 heterocycles. The fraction of sp³-hybridized carbons (Fsp3) is 0.0588. The lowest BCUT2D eigenvalue weighted by Crippen LogP contribution is -2.25. The highest BCUT2D eigenvalue weighted by Crippen LogP contribution is 2.25. The summed E-state index contributed by atoms with van der Waals surface area (Å²) in [5.41, 5.74) is 0.452. The molecule has 24 heavy (non-hydrogen) atoms. The van der Waals surface area contributed by atoms with Crippen LogP contribution in [0.15, 0.2) is 49.1 Å². The first-order valence-corrected chi connectivity index (χ1v) is 7.63. The van der Waals surface area contributed by atoms with Gasteiger partial charge in [0.25, 0.3) is 11.8 Å². The van der Waals surface area contributed by atoms with Gasteiger partial charge in [-0.25, -0.2) is 4.39 Å². The summed E-state index contributed by atoms with van der Waals surface area (Å²) < 4.78 is 13.6. The van der Waals surface area contributed by atoms with Gasteiger partial charge in [0.05, 0.1) is 26.9 Å². The molecule has 2 rings (SSSR count). The highest BCUT2D eigenvalue weighted by molar-refractivity contribution is 6.37. The van der Waals surface area contributed by atoms with Crippen molar-refractivity contribution in [3.63, 3.8) is 0 Å². The van der Waals surface area contributed by atoms with Crippen LogP contribution in [0.3, 0.4) is 0 Å². The second-order valence-corrected chi connectivity index (χ2v) is 5.56. The molecule has 0 spiro atoms. The van der Waals surface area contributed by atoms with Gasteiger partial charge >= 0.3 is 0 Å². The van der Waals surface area contributed by atoms with Crippen LogP contribution in [0.5, 0.6) is 0 Å². The van der Waals surface area contributed by atoms with Crippen LogP contribution in [0.2, 0.25) is 10.0 Å². The average molecular weight is 367 g/mol. The van der Waals surface area contributed by atoms with E-state index < -0.39 is 11.7 Å². The molecule has 0 unspecified atom stereocenters. The van der Waals surface area contributed by atoms with Crippen LogP contribution in [0.25, 0.3) is 0 Å². The maximum absolute atomic E-state index is 13.6. The van der Waals surface area contributed by atoms with Crippen molar-refractivity contribution < 1.29 is 14.0 Å². The smallest absolute Gasteiger partial charge is 0.257 e. The molecule has 2 amide bonds. The van der Waals surface area contributed by atoms with Crippen molar-refractivity contribution in [1.29, 1.82) is 0 Å². The predicted octanol–water partition coefficient (Wildman–Crippen LogP) is 4.30. The lowest BCUT2D eigenvalue weighted by Gasteiger charge is -2.12. The SMILES string of the molecule is C=CCNC(=O)c1ccccc1NC(=O)c1cc(F)c(Cl)cc1Cl. The standard InChI is InChI=1S/C17H13Cl2FN2O2/c1-2-7-21-16(23)10-5-3-4-6-15(10)22-17(24)11-8-14(20)13(19)9-12(11)18/h2-6,8-9H,1,7H2,(H,21,23)(H,22,24). The predicted molar refractivity (Wildman–Crippen MR) is 93.3 cm³/mol. The van der Waals surface area contributed by atoms with Crippen molar-refractivity contribution in [2.45, 2.75) is 0 Å². The number of para-hydroxylation sites is 1. The Balaban J connectivity index is 2.28. The average Bonchev–Trinajstić information content (AvgIpc) is 2.56. The summed E-state index contributed by atoms with van der Waals surface area (Å²) >= 11 is 11.5. The summed E-state index contributed by atoms with van der Waals surface area (Å²) in [6, 6.07) is 8.52. The van der Waals surface area contributed by atoms with Crippen LogP contribution in [0.4, 0.5) is 10.1 Å². The zero-order chi connectivity index (χ0) is 17.7. The zero-order valence-electron chi connectivity index (χ0n) is 12.4. The molecule has 0 aliphatic rings. The van der Waals surface area contributed by atoms with Gasteiger partial charge in [-0.3, -0.25) is 9.59 Å². The van der Waals surface area contributed by atoms with Crippen molar-refractivity contribution in [3.8, 4) is 0 Å². The van der Waals surface area contributed by atoms with Gasteiger partial charge in [0, 0.05) is 6.54 Å². The van der Waals surface area contributed by atoms with E-state index in [9.17, 15) is 14.0 Å². The first-order chi connectivity index (χ1) is 11.4. The minimum atomic E-state index is -0.761. The Morgan fingerprint density at radius 1 is 1.08 bits per heavy atom. The van der Waals surface area contributed by atoms with Crippen LogP contribution in [0.1, 0.15) is 20.7 Å². The Labute approximate surface area is 148 Å². The minimum Gasteiger partial charge on any atom is -0.349 e. The second-order valence-electron chi connectivity index (χ2n) is 4.74. The number of hydrogen-bond acceptors (Lipinski definition) is 2. The Bertz CT molecular complexity index is 809. The molecule has 0 fully saturated rings. The molecule has 0 aromatic heterocycles. The fourth-order valence-corrected chi connectivity index (χ4v) is 2.41. The quantitative estimate of drug-likeness (QED) is 0.612. The number of hydrogen-bond donors (Lipinski definition) is 2. The van der Waals surface area contributed by atoms with Crippen LogP contribution < -0.4 is 10.6 Å². The summed E-state index contributed by atoms with van der Waals surface area (Å²) in [5.74, 6) is -1.79. The topological polar surface area (TPSA) is 58.2 Å². The lowest BCUT2D eigenvalue weighted by molar-refractivity contribution is 0.0959. The first kappa shape index (κ1) is 18.0. The van der Waals surface area contributed by atoms with Crippen molar-refractivity contribution in [2.24, 2.45) is 0 Å². The molecule has 0 radical (unpaired) electrons. The van der Waals surface area contributed by atoms with Gasteiger partial charge in [-0.2, -0.15) is 0 Å². The number of amides is 2. The van der Waals surface area contributed by atoms with E-state index in [1.165, 1.54) is 6.08 Å². The van der Waals surface area contributed by atoms with E-state index in [4.69, 9.17) is 23.2 Å². The molecule has 0 saturated heterocycles. The Morgan fingerprint density at radius 3 is 2.50 bits per heavy atom. The molecule has 4 nitrogen and oxygen atoms in total. The summed E-state index contributed by atoms with van der Waals surface area (Å²) in [4.78, 5) is 24.4. The van der Waals surface area contributed by atoms with E-state index >= 15 is 0 Å². The van der Waals surface area contributed by atoms with Gasteiger partial charge in [0.2, 0.25) is 0 Å². The molecule has 0 aliphatic heterocycles. The normalized spacial score (nSPS) is 10.1. The third-order valence-electron chi connectivity index (χ3n) is 3.08. The van der Waals surface area contributed by atoms with Crippen molar-refractivity contribution in [3.05, 3.63) is 76.0 Å². The molecular formula is C17H13Cl2FN2O2. The summed E-state index contributed by atoms with van der Waals surface area (Å²) in [5, 5.41) is 5.00. The van der Waals surface area contributed by atoms with Gasteiger partial charge in [-0.1, -0.05) is 41.4 Å². The van der Waals surface area contributed by atoms with Crippen LogP contribution in [-0.4, -0.2) is 18.4 Å². The van der Waals surface area contributed by atoms with Gasteiger partial charge in [0.15, 0.2) is 0 Å². The maximum Gasteiger partial charge on any atom is 0.257 e. The minimum absolute atomic E-state index is 0.00694. The molecule has 2 aromatic rings. The third kappa shape index (κ3) is 4.13. The van der Waals surface area contributed by atoms with Gasteiger partial charge in [-0.05, 0) is 24.3 Å². The Hall–Kier alpha value is -2.37. The van der Waals surface area contributed by atoms with E-state index in [1.54, 1.807) is 24.3 Å². The third-order valence-corrected chi connectivity index (χ3v) is 3.68. The van der Waals surface area contributed by atoms with Gasteiger partial charge in [-0.15, -0.1) is 6.58 Å². The van der Waals surface area contributed by atoms with Crippen molar-refractivity contribution in [2.75, 3.05) is 11.9 Å². The summed E-state index contributed by atoms with van der Waals surface area (Å²) in [6.45, 7) is 3.80. The van der Waals surface area contributed by atoms with Gasteiger partial charge in [0.1, 0.15) is 5.82 Å². The molecule has 0 aliphatic carbocycles. The summed E-state index contributed by atoms with van der Waals surface area (Å²) in [6.07, 6.45) is 1.54. The number of benzene rings is 2. The van der Waals surface area contributed by atoms with E-state index in [2.05, 4.69) is 17.2 Å². The maximum atomic E-state index is 13.6. The molecule has 0 atom stereocenters. The van der Waals surface area contributed by atoms with Crippen LogP contribution in [-0.2, 0) is 0 Å². The Morgan fingerprint density at radius 2 is 1.79 bits per heavy atom. The zero-order valence-corrected chi connectivity index (χ0v) is 13.9. The summed E-state index contributed by atoms with van der Waals surface area (Å²) in [7, 11) is 0. The van der Waals surface area contributed by atoms with Crippen LogP contribution in [0, 0.1) is 5.82 Å². The molecule has 2 aromatic carbocycles. The molecule has 2 N–H and O–H groups in total. The Kier molecular flexibility index (Phi) is 5.95. The highest BCUT2D eigenvalue weighted by Gasteiger charge is 2.17. The number of halogens is 3. The number of anilines is 1. The van der Waals surface area contributed by atoms with E-state index in [0.29, 0.717) is 0 Å². The number of carbonyl (C=O) groups excluding carboxylic acids is 2. The monoisotopic (exact) mass is 366 g/mol. The number of carbonyl (C=O) groups is 2. The molecular weight excluding hydrogens is 354 g/mol. The van der Waals surface area contributed by atoms with Gasteiger partial charge < -0.3 is 10.6 Å². The molecule has 124 valence electrons. The van der Waals surface area contributed by atoms with E-state index in [-0.39, 0.29) is 39.3 Å². The van der Waals surface area contributed by atoms with Crippen LogP contribution >= 0.6 is 23.2 Å². The van der Waals surface area contributed by atoms with E-state index in [1.807, 2.05) is 0 Å². The number of nitrogens with one attached hydrogen (secondary N) is 2. The lowest BCUT2D eigenvalue weighted by atomic mass is 10.1. The fourth-order valence-electron chi connectivity index (χ4n) is 1.94. The number of rotatable bonds is 5. The van der Waals surface area contributed by atoms with E-state index in [0.717, 1.165) is 12.1 Å². The highest BCUT2D eigenvalue weighted by atomic mass is 35.5. The molecule has 0 saturated carbocycles. The second kappa shape index (κ2) is 7.95.